The number of nitrogens with zero attached hydrogens (tertiary/aromatic N) is 1. The molecule has 0 saturated carbocycles. The fourth-order valence-electron chi connectivity index (χ4n) is 2.12. The summed E-state index contributed by atoms with van der Waals surface area (Å²) in [6.07, 6.45) is 1.37. The molecule has 0 saturated heterocycles. The van der Waals surface area contributed by atoms with Crippen LogP contribution in [-0.4, -0.2) is 25.3 Å². The molecule has 7 heteroatoms. The van der Waals surface area contributed by atoms with E-state index in [2.05, 4.69) is 15.2 Å². The van der Waals surface area contributed by atoms with Crippen LogP contribution in [0.1, 0.15) is 16.7 Å². The summed E-state index contributed by atoms with van der Waals surface area (Å²) in [5.41, 5.74) is 3.30. The summed E-state index contributed by atoms with van der Waals surface area (Å²) in [5, 5.41) is 6.46. The first kappa shape index (κ1) is 18.4. The minimum absolute atomic E-state index is 0.0565. The number of oxime groups is 1. The van der Waals surface area contributed by atoms with Gasteiger partial charge >= 0.3 is 6.61 Å². The van der Waals surface area contributed by atoms with E-state index in [1.807, 2.05) is 32.0 Å². The number of hydrogen-bond donors (Lipinski definition) is 1. The van der Waals surface area contributed by atoms with Crippen LogP contribution in [0.25, 0.3) is 0 Å². The highest BCUT2D eigenvalue weighted by Crippen LogP contribution is 2.19. The molecule has 2 aromatic rings. The van der Waals surface area contributed by atoms with E-state index in [4.69, 9.17) is 4.84 Å². The van der Waals surface area contributed by atoms with E-state index in [1.165, 1.54) is 18.3 Å². The Morgan fingerprint density at radius 3 is 2.40 bits per heavy atom. The van der Waals surface area contributed by atoms with Crippen molar-refractivity contribution in [1.82, 2.24) is 0 Å². The summed E-state index contributed by atoms with van der Waals surface area (Å²) in [7, 11) is 0. The van der Waals surface area contributed by atoms with Crippen molar-refractivity contribution in [1.29, 1.82) is 0 Å². The number of carbonyl (C=O) groups is 1. The molecular formula is C18H18F2N2O3. The smallest absolute Gasteiger partial charge is 0.387 e. The number of halogens is 2. The minimum Gasteiger partial charge on any atom is -0.435 e. The molecule has 5 nitrogen and oxygen atoms in total. The van der Waals surface area contributed by atoms with Crippen LogP contribution in [-0.2, 0) is 9.63 Å². The van der Waals surface area contributed by atoms with Gasteiger partial charge in [-0.15, -0.1) is 0 Å². The van der Waals surface area contributed by atoms with Crippen molar-refractivity contribution < 1.29 is 23.1 Å². The SMILES string of the molecule is Cc1cccc(C)c1NC(=O)CON=Cc1ccc(OC(F)F)cc1. The lowest BCUT2D eigenvalue weighted by atomic mass is 10.1. The van der Waals surface area contributed by atoms with E-state index in [-0.39, 0.29) is 18.3 Å². The second kappa shape index (κ2) is 8.77. The van der Waals surface area contributed by atoms with Gasteiger partial charge in [0.05, 0.1) is 6.21 Å². The first-order valence-corrected chi connectivity index (χ1v) is 7.52. The van der Waals surface area contributed by atoms with Crippen LogP contribution >= 0.6 is 0 Å². The number of carbonyl (C=O) groups excluding carboxylic acids is 1. The van der Waals surface area contributed by atoms with Gasteiger partial charge in [0.1, 0.15) is 5.75 Å². The number of ether oxygens (including phenoxy) is 1. The largest absolute Gasteiger partial charge is 0.435 e. The molecule has 25 heavy (non-hydrogen) atoms. The van der Waals surface area contributed by atoms with Gasteiger partial charge in [-0.2, -0.15) is 8.78 Å². The number of nitrogens with one attached hydrogen (secondary N) is 1. The van der Waals surface area contributed by atoms with Gasteiger partial charge in [0, 0.05) is 5.69 Å². The van der Waals surface area contributed by atoms with Gasteiger partial charge in [-0.05, 0) is 54.8 Å². The molecule has 0 aromatic heterocycles. The predicted molar refractivity (Wildman–Crippen MR) is 91.2 cm³/mol. The van der Waals surface area contributed by atoms with Crippen molar-refractivity contribution in [2.24, 2.45) is 5.16 Å². The molecule has 0 spiro atoms. The molecule has 132 valence electrons. The summed E-state index contributed by atoms with van der Waals surface area (Å²) in [6, 6.07) is 11.6. The first-order valence-electron chi connectivity index (χ1n) is 7.52. The molecule has 1 amide bonds. The lowest BCUT2D eigenvalue weighted by Gasteiger charge is -2.10. The molecule has 0 atom stereocenters. The maximum Gasteiger partial charge on any atom is 0.387 e. The fraction of sp³-hybridized carbons (Fsp3) is 0.222. The average molecular weight is 348 g/mol. The zero-order chi connectivity index (χ0) is 18.2. The molecule has 2 rings (SSSR count). The Kier molecular flexibility index (Phi) is 6.45. The highest BCUT2D eigenvalue weighted by atomic mass is 19.3. The number of hydrogen-bond acceptors (Lipinski definition) is 4. The van der Waals surface area contributed by atoms with Crippen LogP contribution in [0.4, 0.5) is 14.5 Å². The predicted octanol–water partition coefficient (Wildman–Crippen LogP) is 3.89. The summed E-state index contributed by atoms with van der Waals surface area (Å²) < 4.78 is 28.3. The standard InChI is InChI=1S/C18H18F2N2O3/c1-12-4-3-5-13(2)17(12)22-16(23)11-24-21-10-14-6-8-15(9-7-14)25-18(19)20/h3-10,18H,11H2,1-2H3,(H,22,23). The first-order chi connectivity index (χ1) is 12.0. The second-order valence-electron chi connectivity index (χ2n) is 5.27. The average Bonchev–Trinajstić information content (AvgIpc) is 2.56. The molecular weight excluding hydrogens is 330 g/mol. The molecule has 2 aromatic carbocycles. The zero-order valence-electron chi connectivity index (χ0n) is 13.8. The van der Waals surface area contributed by atoms with Crippen molar-refractivity contribution in [2.75, 3.05) is 11.9 Å². The quantitative estimate of drug-likeness (QED) is 0.610. The Bertz CT molecular complexity index is 726. The molecule has 0 aliphatic heterocycles. The summed E-state index contributed by atoms with van der Waals surface area (Å²) in [4.78, 5) is 16.8. The lowest BCUT2D eigenvalue weighted by Crippen LogP contribution is -2.18. The van der Waals surface area contributed by atoms with Gasteiger partial charge in [0.25, 0.3) is 5.91 Å². The molecule has 0 radical (unpaired) electrons. The Morgan fingerprint density at radius 1 is 1.16 bits per heavy atom. The maximum atomic E-state index is 12.0. The van der Waals surface area contributed by atoms with E-state index in [9.17, 15) is 13.6 Å². The van der Waals surface area contributed by atoms with E-state index in [0.717, 1.165) is 16.8 Å². The molecule has 0 aliphatic carbocycles. The third-order valence-electron chi connectivity index (χ3n) is 3.32. The van der Waals surface area contributed by atoms with Crippen molar-refractivity contribution >= 4 is 17.8 Å². The van der Waals surface area contributed by atoms with Crippen molar-refractivity contribution in [3.8, 4) is 5.75 Å². The molecule has 0 aliphatic rings. The van der Waals surface area contributed by atoms with Crippen LogP contribution in [0.3, 0.4) is 0 Å². The van der Waals surface area contributed by atoms with Gasteiger partial charge in [-0.25, -0.2) is 0 Å². The number of amides is 1. The van der Waals surface area contributed by atoms with Crippen molar-refractivity contribution in [3.05, 3.63) is 59.2 Å². The van der Waals surface area contributed by atoms with Gasteiger partial charge in [0.2, 0.25) is 0 Å². The molecule has 1 N–H and O–H groups in total. The van der Waals surface area contributed by atoms with Gasteiger partial charge in [-0.1, -0.05) is 23.4 Å². The van der Waals surface area contributed by atoms with E-state index in [1.54, 1.807) is 12.1 Å². The number of para-hydroxylation sites is 1. The Labute approximate surface area is 144 Å². The number of alkyl halides is 2. The molecule has 0 fully saturated rings. The van der Waals surface area contributed by atoms with Crippen LogP contribution in [0.15, 0.2) is 47.6 Å². The minimum atomic E-state index is -2.86. The second-order valence-corrected chi connectivity index (χ2v) is 5.27. The molecule has 0 heterocycles. The lowest BCUT2D eigenvalue weighted by molar-refractivity contribution is -0.120. The highest BCUT2D eigenvalue weighted by molar-refractivity contribution is 5.93. The third kappa shape index (κ3) is 5.87. The van der Waals surface area contributed by atoms with Crippen LogP contribution < -0.4 is 10.1 Å². The Morgan fingerprint density at radius 2 is 1.80 bits per heavy atom. The zero-order valence-corrected chi connectivity index (χ0v) is 13.8. The summed E-state index contributed by atoms with van der Waals surface area (Å²) in [5.74, 6) is -0.267. The summed E-state index contributed by atoms with van der Waals surface area (Å²) >= 11 is 0. The Hall–Kier alpha value is -2.96. The monoisotopic (exact) mass is 348 g/mol. The Balaban J connectivity index is 1.81. The van der Waals surface area contributed by atoms with Gasteiger partial charge < -0.3 is 14.9 Å². The van der Waals surface area contributed by atoms with Crippen LogP contribution in [0, 0.1) is 13.8 Å². The van der Waals surface area contributed by atoms with Crippen LogP contribution in [0.5, 0.6) is 5.75 Å². The van der Waals surface area contributed by atoms with Crippen molar-refractivity contribution in [2.45, 2.75) is 20.5 Å². The normalized spacial score (nSPS) is 10.9. The van der Waals surface area contributed by atoms with Gasteiger partial charge in [-0.3, -0.25) is 4.79 Å². The number of benzene rings is 2. The third-order valence-corrected chi connectivity index (χ3v) is 3.32. The summed E-state index contributed by atoms with van der Waals surface area (Å²) in [6.45, 7) is 0.710. The topological polar surface area (TPSA) is 59.9 Å². The fourth-order valence-corrected chi connectivity index (χ4v) is 2.12. The number of aryl methyl sites for hydroxylation is 2. The van der Waals surface area contributed by atoms with E-state index < -0.39 is 6.61 Å². The van der Waals surface area contributed by atoms with E-state index >= 15 is 0 Å². The van der Waals surface area contributed by atoms with E-state index in [0.29, 0.717) is 5.56 Å². The molecule has 0 bridgehead atoms. The molecule has 0 unspecified atom stereocenters. The number of anilines is 1. The van der Waals surface area contributed by atoms with Gasteiger partial charge in [0.15, 0.2) is 6.61 Å². The highest BCUT2D eigenvalue weighted by Gasteiger charge is 2.07. The van der Waals surface area contributed by atoms with Crippen LogP contribution in [0.2, 0.25) is 0 Å². The number of rotatable bonds is 7. The maximum absolute atomic E-state index is 12.0. The van der Waals surface area contributed by atoms with Crippen molar-refractivity contribution in [3.63, 3.8) is 0 Å².